The SMILES string of the molecule is CCc1nc2ccc(NS(=O)(=O)CCc3ccccc3)cc2[nH]1. The van der Waals surface area contributed by atoms with Crippen molar-refractivity contribution in [3.8, 4) is 0 Å². The zero-order valence-corrected chi connectivity index (χ0v) is 13.7. The number of H-pyrrole nitrogens is 1. The fourth-order valence-electron chi connectivity index (χ4n) is 2.42. The van der Waals surface area contributed by atoms with Crippen LogP contribution >= 0.6 is 0 Å². The van der Waals surface area contributed by atoms with Crippen LogP contribution in [0.4, 0.5) is 5.69 Å². The summed E-state index contributed by atoms with van der Waals surface area (Å²) in [5.74, 6) is 0.946. The molecular weight excluding hydrogens is 310 g/mol. The van der Waals surface area contributed by atoms with Crippen LogP contribution in [0.25, 0.3) is 11.0 Å². The number of nitrogens with one attached hydrogen (secondary N) is 2. The number of rotatable bonds is 6. The lowest BCUT2D eigenvalue weighted by Gasteiger charge is -2.08. The monoisotopic (exact) mass is 329 g/mol. The molecule has 120 valence electrons. The van der Waals surface area contributed by atoms with Gasteiger partial charge in [-0.15, -0.1) is 0 Å². The minimum atomic E-state index is -3.38. The molecule has 3 rings (SSSR count). The predicted octanol–water partition coefficient (Wildman–Crippen LogP) is 3.11. The van der Waals surface area contributed by atoms with Crippen molar-refractivity contribution in [3.63, 3.8) is 0 Å². The van der Waals surface area contributed by atoms with Crippen molar-refractivity contribution >= 4 is 26.7 Å². The molecule has 2 N–H and O–H groups in total. The summed E-state index contributed by atoms with van der Waals surface area (Å²) in [7, 11) is -3.38. The Kier molecular flexibility index (Phi) is 4.34. The summed E-state index contributed by atoms with van der Waals surface area (Å²) in [5.41, 5.74) is 3.24. The second kappa shape index (κ2) is 6.42. The number of hydrogen-bond donors (Lipinski definition) is 2. The predicted molar refractivity (Wildman–Crippen MR) is 93.0 cm³/mol. The van der Waals surface area contributed by atoms with E-state index in [0.29, 0.717) is 12.1 Å². The van der Waals surface area contributed by atoms with Crippen molar-refractivity contribution < 1.29 is 8.42 Å². The van der Waals surface area contributed by atoms with E-state index in [4.69, 9.17) is 0 Å². The molecule has 0 saturated heterocycles. The van der Waals surface area contributed by atoms with Gasteiger partial charge in [-0.2, -0.15) is 0 Å². The molecule has 0 saturated carbocycles. The maximum absolute atomic E-state index is 12.2. The Morgan fingerprint density at radius 2 is 1.91 bits per heavy atom. The maximum Gasteiger partial charge on any atom is 0.233 e. The second-order valence-electron chi connectivity index (χ2n) is 5.43. The molecule has 0 amide bonds. The van der Waals surface area contributed by atoms with E-state index in [-0.39, 0.29) is 5.75 Å². The van der Waals surface area contributed by atoms with E-state index < -0.39 is 10.0 Å². The molecule has 0 atom stereocenters. The van der Waals surface area contributed by atoms with Crippen LogP contribution in [0.1, 0.15) is 18.3 Å². The van der Waals surface area contributed by atoms with E-state index in [2.05, 4.69) is 14.7 Å². The molecule has 3 aromatic rings. The van der Waals surface area contributed by atoms with Gasteiger partial charge in [0, 0.05) is 6.42 Å². The van der Waals surface area contributed by atoms with Crippen LogP contribution in [-0.4, -0.2) is 24.1 Å². The van der Waals surface area contributed by atoms with Crippen LogP contribution in [0.3, 0.4) is 0 Å². The van der Waals surface area contributed by atoms with Crippen molar-refractivity contribution in [2.45, 2.75) is 19.8 Å². The molecule has 23 heavy (non-hydrogen) atoms. The molecule has 0 unspecified atom stereocenters. The lowest BCUT2D eigenvalue weighted by Crippen LogP contribution is -2.18. The summed E-state index contributed by atoms with van der Waals surface area (Å²) in [6.45, 7) is 2.02. The normalized spacial score (nSPS) is 11.7. The first kappa shape index (κ1) is 15.6. The van der Waals surface area contributed by atoms with Gasteiger partial charge in [0.25, 0.3) is 0 Å². The van der Waals surface area contributed by atoms with Gasteiger partial charge in [-0.25, -0.2) is 13.4 Å². The lowest BCUT2D eigenvalue weighted by molar-refractivity contribution is 0.600. The molecule has 1 heterocycles. The summed E-state index contributed by atoms with van der Waals surface area (Å²) in [6.07, 6.45) is 1.30. The highest BCUT2D eigenvalue weighted by Gasteiger charge is 2.12. The Morgan fingerprint density at radius 3 is 2.65 bits per heavy atom. The summed E-state index contributed by atoms with van der Waals surface area (Å²) in [4.78, 5) is 7.60. The van der Waals surface area contributed by atoms with Crippen LogP contribution in [0.15, 0.2) is 48.5 Å². The van der Waals surface area contributed by atoms with Crippen LogP contribution in [0, 0.1) is 0 Å². The van der Waals surface area contributed by atoms with Crippen molar-refractivity contribution in [1.82, 2.24) is 9.97 Å². The zero-order chi connectivity index (χ0) is 16.3. The molecule has 1 aromatic heterocycles. The summed E-state index contributed by atoms with van der Waals surface area (Å²) < 4.78 is 27.1. The van der Waals surface area contributed by atoms with Crippen LogP contribution in [0.2, 0.25) is 0 Å². The number of anilines is 1. The van der Waals surface area contributed by atoms with E-state index in [1.807, 2.05) is 43.3 Å². The fourth-order valence-corrected chi connectivity index (χ4v) is 3.51. The molecule has 0 bridgehead atoms. The molecule has 2 aromatic carbocycles. The highest BCUT2D eigenvalue weighted by atomic mass is 32.2. The van der Waals surface area contributed by atoms with Crippen LogP contribution < -0.4 is 4.72 Å². The van der Waals surface area contributed by atoms with E-state index in [1.54, 1.807) is 12.1 Å². The third-order valence-corrected chi connectivity index (χ3v) is 4.93. The number of imidazole rings is 1. The standard InChI is InChI=1S/C17H19N3O2S/c1-2-17-18-15-9-8-14(12-16(15)19-17)20-23(21,22)11-10-13-6-4-3-5-7-13/h3-9,12,20H,2,10-11H2,1H3,(H,18,19). The van der Waals surface area contributed by atoms with E-state index in [1.165, 1.54) is 0 Å². The quantitative estimate of drug-likeness (QED) is 0.729. The lowest BCUT2D eigenvalue weighted by atomic mass is 10.2. The van der Waals surface area contributed by atoms with Gasteiger partial charge in [0.2, 0.25) is 10.0 Å². The summed E-state index contributed by atoms with van der Waals surface area (Å²) >= 11 is 0. The second-order valence-corrected chi connectivity index (χ2v) is 7.27. The topological polar surface area (TPSA) is 74.8 Å². The van der Waals surface area contributed by atoms with E-state index in [0.717, 1.165) is 28.8 Å². The van der Waals surface area contributed by atoms with Gasteiger partial charge < -0.3 is 4.98 Å². The molecule has 0 aliphatic rings. The van der Waals surface area contributed by atoms with Crippen molar-refractivity contribution in [2.75, 3.05) is 10.5 Å². The average Bonchev–Trinajstić information content (AvgIpc) is 2.96. The molecule has 0 fully saturated rings. The van der Waals surface area contributed by atoms with E-state index >= 15 is 0 Å². The molecule has 0 spiro atoms. The van der Waals surface area contributed by atoms with Crippen LogP contribution in [0.5, 0.6) is 0 Å². The Labute approximate surface area is 135 Å². The number of aromatic amines is 1. The fraction of sp³-hybridized carbons (Fsp3) is 0.235. The van der Waals surface area contributed by atoms with Crippen molar-refractivity contribution in [1.29, 1.82) is 0 Å². The number of benzene rings is 2. The highest BCUT2D eigenvalue weighted by molar-refractivity contribution is 7.92. The number of fused-ring (bicyclic) bond motifs is 1. The Morgan fingerprint density at radius 1 is 1.13 bits per heavy atom. The number of aromatic nitrogens is 2. The third-order valence-electron chi connectivity index (χ3n) is 3.64. The molecule has 6 heteroatoms. The average molecular weight is 329 g/mol. The van der Waals surface area contributed by atoms with Gasteiger partial charge in [-0.05, 0) is 30.2 Å². The third kappa shape index (κ3) is 3.90. The van der Waals surface area contributed by atoms with Crippen LogP contribution in [-0.2, 0) is 22.9 Å². The van der Waals surface area contributed by atoms with Gasteiger partial charge in [-0.1, -0.05) is 37.3 Å². The molecule has 0 aliphatic heterocycles. The largest absolute Gasteiger partial charge is 0.342 e. The van der Waals surface area contributed by atoms with Gasteiger partial charge in [-0.3, -0.25) is 4.72 Å². The molecule has 5 nitrogen and oxygen atoms in total. The number of nitrogens with zero attached hydrogens (tertiary/aromatic N) is 1. The van der Waals surface area contributed by atoms with Crippen molar-refractivity contribution in [2.24, 2.45) is 0 Å². The summed E-state index contributed by atoms with van der Waals surface area (Å²) in [6, 6.07) is 14.9. The Bertz CT molecular complexity index is 902. The minimum absolute atomic E-state index is 0.0538. The number of sulfonamides is 1. The smallest absolute Gasteiger partial charge is 0.233 e. The first-order valence-corrected chi connectivity index (χ1v) is 9.24. The molecular formula is C17H19N3O2S. The Balaban J connectivity index is 1.72. The van der Waals surface area contributed by atoms with Crippen molar-refractivity contribution in [3.05, 3.63) is 59.9 Å². The zero-order valence-electron chi connectivity index (χ0n) is 12.9. The first-order valence-electron chi connectivity index (χ1n) is 7.59. The number of hydrogen-bond acceptors (Lipinski definition) is 3. The number of aryl methyl sites for hydroxylation is 2. The highest BCUT2D eigenvalue weighted by Crippen LogP contribution is 2.18. The Hall–Kier alpha value is -2.34. The van der Waals surface area contributed by atoms with E-state index in [9.17, 15) is 8.42 Å². The molecule has 0 radical (unpaired) electrons. The maximum atomic E-state index is 12.2. The van der Waals surface area contributed by atoms with Gasteiger partial charge in [0.05, 0.1) is 22.5 Å². The van der Waals surface area contributed by atoms with Gasteiger partial charge >= 0.3 is 0 Å². The molecule has 0 aliphatic carbocycles. The first-order chi connectivity index (χ1) is 11.1. The van der Waals surface area contributed by atoms with Gasteiger partial charge in [0.1, 0.15) is 5.82 Å². The minimum Gasteiger partial charge on any atom is -0.342 e. The summed E-state index contributed by atoms with van der Waals surface area (Å²) in [5, 5.41) is 0. The van der Waals surface area contributed by atoms with Gasteiger partial charge in [0.15, 0.2) is 0 Å².